The Morgan fingerprint density at radius 2 is 2.29 bits per heavy atom. The van der Waals surface area contributed by atoms with E-state index in [1.807, 2.05) is 6.92 Å². The van der Waals surface area contributed by atoms with E-state index in [4.69, 9.17) is 5.11 Å². The summed E-state index contributed by atoms with van der Waals surface area (Å²) in [6.07, 6.45) is 2.93. The second kappa shape index (κ2) is 6.59. The summed E-state index contributed by atoms with van der Waals surface area (Å²) in [5, 5.41) is 11.9. The molecule has 0 spiro atoms. The molecular formula is C12H22N2O3. The first kappa shape index (κ1) is 14.0. The average molecular weight is 242 g/mol. The number of hydrogen-bond donors (Lipinski definition) is 2. The summed E-state index contributed by atoms with van der Waals surface area (Å²) in [5.74, 6) is -0.127. The van der Waals surface area contributed by atoms with E-state index in [1.54, 1.807) is 11.8 Å². The summed E-state index contributed by atoms with van der Waals surface area (Å²) >= 11 is 0. The fourth-order valence-electron chi connectivity index (χ4n) is 2.14. The molecule has 1 aliphatic rings. The molecule has 1 unspecified atom stereocenters. The van der Waals surface area contributed by atoms with Gasteiger partial charge >= 0.3 is 0 Å². The van der Waals surface area contributed by atoms with E-state index < -0.39 is 6.04 Å². The standard InChI is InChI=1S/C12H22N2O3/c1-3-14(9(2)8-15)12(17)10-6-4-5-7-11(16)13-10/h9-10,15H,3-8H2,1-2H3,(H,13,16)/t9-,10?/m0/s1. The van der Waals surface area contributed by atoms with Gasteiger partial charge in [0.15, 0.2) is 0 Å². The Hall–Kier alpha value is -1.10. The number of hydrogen-bond acceptors (Lipinski definition) is 3. The molecule has 2 atom stereocenters. The molecule has 0 radical (unpaired) electrons. The van der Waals surface area contributed by atoms with Crippen LogP contribution in [0, 0.1) is 0 Å². The number of likely N-dealkylation sites (N-methyl/N-ethyl adjacent to an activating group) is 1. The van der Waals surface area contributed by atoms with Crippen molar-refractivity contribution in [3.63, 3.8) is 0 Å². The van der Waals surface area contributed by atoms with Gasteiger partial charge in [0.1, 0.15) is 6.04 Å². The third-order valence-electron chi connectivity index (χ3n) is 3.20. The topological polar surface area (TPSA) is 69.6 Å². The van der Waals surface area contributed by atoms with Crippen LogP contribution in [0.3, 0.4) is 0 Å². The van der Waals surface area contributed by atoms with Crippen molar-refractivity contribution in [2.75, 3.05) is 13.2 Å². The van der Waals surface area contributed by atoms with Crippen LogP contribution in [-0.4, -0.2) is 47.1 Å². The van der Waals surface area contributed by atoms with Gasteiger partial charge in [-0.25, -0.2) is 0 Å². The number of nitrogens with zero attached hydrogens (tertiary/aromatic N) is 1. The lowest BCUT2D eigenvalue weighted by Gasteiger charge is -2.30. The van der Waals surface area contributed by atoms with Crippen LogP contribution in [0.5, 0.6) is 0 Å². The highest BCUT2D eigenvalue weighted by molar-refractivity contribution is 5.88. The molecule has 1 aliphatic heterocycles. The van der Waals surface area contributed by atoms with Gasteiger partial charge in [-0.3, -0.25) is 9.59 Å². The van der Waals surface area contributed by atoms with Gasteiger partial charge in [-0.05, 0) is 26.7 Å². The Morgan fingerprint density at radius 3 is 2.88 bits per heavy atom. The quantitative estimate of drug-likeness (QED) is 0.743. The summed E-state index contributed by atoms with van der Waals surface area (Å²) in [5.41, 5.74) is 0. The number of nitrogens with one attached hydrogen (secondary N) is 1. The minimum absolute atomic E-state index is 0.0476. The van der Waals surface area contributed by atoms with Gasteiger partial charge in [0.2, 0.25) is 11.8 Å². The third-order valence-corrected chi connectivity index (χ3v) is 3.20. The summed E-state index contributed by atoms with van der Waals surface area (Å²) in [4.78, 5) is 25.3. The van der Waals surface area contributed by atoms with Crippen LogP contribution in [-0.2, 0) is 9.59 Å². The molecule has 17 heavy (non-hydrogen) atoms. The molecular weight excluding hydrogens is 220 g/mol. The van der Waals surface area contributed by atoms with Crippen LogP contribution in [0.25, 0.3) is 0 Å². The maximum Gasteiger partial charge on any atom is 0.245 e. The van der Waals surface area contributed by atoms with E-state index >= 15 is 0 Å². The molecule has 2 amide bonds. The molecule has 2 N–H and O–H groups in total. The van der Waals surface area contributed by atoms with Gasteiger partial charge in [0, 0.05) is 13.0 Å². The molecule has 5 nitrogen and oxygen atoms in total. The fraction of sp³-hybridized carbons (Fsp3) is 0.833. The summed E-state index contributed by atoms with van der Waals surface area (Å²) < 4.78 is 0. The molecule has 1 fully saturated rings. The van der Waals surface area contributed by atoms with Gasteiger partial charge < -0.3 is 15.3 Å². The van der Waals surface area contributed by atoms with Crippen LogP contribution in [0.4, 0.5) is 0 Å². The average Bonchev–Trinajstić information content (AvgIpc) is 2.54. The number of carbonyl (C=O) groups excluding carboxylic acids is 2. The van der Waals surface area contributed by atoms with Crippen molar-refractivity contribution in [1.82, 2.24) is 10.2 Å². The Kier molecular flexibility index (Phi) is 5.41. The molecule has 1 rings (SSSR count). The second-order valence-electron chi connectivity index (χ2n) is 4.52. The van der Waals surface area contributed by atoms with E-state index in [9.17, 15) is 9.59 Å². The molecule has 0 aromatic rings. The Bertz CT molecular complexity index is 281. The summed E-state index contributed by atoms with van der Waals surface area (Å²) in [6.45, 7) is 4.18. The van der Waals surface area contributed by atoms with E-state index in [1.165, 1.54) is 0 Å². The van der Waals surface area contributed by atoms with Gasteiger partial charge in [0.25, 0.3) is 0 Å². The lowest BCUT2D eigenvalue weighted by Crippen LogP contribution is -2.51. The lowest BCUT2D eigenvalue weighted by atomic mass is 10.1. The van der Waals surface area contributed by atoms with Crippen molar-refractivity contribution in [2.45, 2.75) is 51.6 Å². The van der Waals surface area contributed by atoms with E-state index in [0.717, 1.165) is 12.8 Å². The minimum atomic E-state index is -0.418. The maximum atomic E-state index is 12.2. The van der Waals surface area contributed by atoms with Crippen molar-refractivity contribution in [3.8, 4) is 0 Å². The number of rotatable bonds is 4. The largest absolute Gasteiger partial charge is 0.394 e. The Balaban J connectivity index is 2.68. The van der Waals surface area contributed by atoms with Crippen molar-refractivity contribution >= 4 is 11.8 Å². The van der Waals surface area contributed by atoms with Crippen molar-refractivity contribution in [2.24, 2.45) is 0 Å². The van der Waals surface area contributed by atoms with Crippen molar-refractivity contribution in [3.05, 3.63) is 0 Å². The van der Waals surface area contributed by atoms with Crippen LogP contribution in [0.1, 0.15) is 39.5 Å². The van der Waals surface area contributed by atoms with Gasteiger partial charge in [-0.2, -0.15) is 0 Å². The number of aliphatic hydroxyl groups is 1. The molecule has 98 valence electrons. The highest BCUT2D eigenvalue weighted by Gasteiger charge is 2.28. The van der Waals surface area contributed by atoms with Crippen LogP contribution in [0.2, 0.25) is 0 Å². The van der Waals surface area contributed by atoms with Gasteiger partial charge in [-0.15, -0.1) is 0 Å². The molecule has 0 aromatic carbocycles. The predicted octanol–water partition coefficient (Wildman–Crippen LogP) is 0.274. The van der Waals surface area contributed by atoms with Gasteiger partial charge in [-0.1, -0.05) is 6.42 Å². The van der Waals surface area contributed by atoms with E-state index in [2.05, 4.69) is 5.32 Å². The van der Waals surface area contributed by atoms with Crippen LogP contribution in [0.15, 0.2) is 0 Å². The van der Waals surface area contributed by atoms with Crippen LogP contribution >= 0.6 is 0 Å². The third kappa shape index (κ3) is 3.70. The Morgan fingerprint density at radius 1 is 1.59 bits per heavy atom. The van der Waals surface area contributed by atoms with E-state index in [-0.39, 0.29) is 24.5 Å². The summed E-state index contributed by atoms with van der Waals surface area (Å²) in [6, 6.07) is -0.619. The summed E-state index contributed by atoms with van der Waals surface area (Å²) in [7, 11) is 0. The molecule has 0 bridgehead atoms. The molecule has 1 saturated heterocycles. The molecule has 0 aromatic heterocycles. The first-order valence-corrected chi connectivity index (χ1v) is 6.30. The zero-order chi connectivity index (χ0) is 12.8. The molecule has 1 heterocycles. The second-order valence-corrected chi connectivity index (χ2v) is 4.52. The Labute approximate surface area is 102 Å². The first-order valence-electron chi connectivity index (χ1n) is 6.30. The van der Waals surface area contributed by atoms with E-state index in [0.29, 0.717) is 19.4 Å². The zero-order valence-electron chi connectivity index (χ0n) is 10.6. The number of amides is 2. The zero-order valence-corrected chi connectivity index (χ0v) is 10.6. The van der Waals surface area contributed by atoms with Gasteiger partial charge in [0.05, 0.1) is 12.6 Å². The normalized spacial score (nSPS) is 22.5. The smallest absolute Gasteiger partial charge is 0.245 e. The lowest BCUT2D eigenvalue weighted by molar-refractivity contribution is -0.138. The highest BCUT2D eigenvalue weighted by Crippen LogP contribution is 2.13. The number of aliphatic hydroxyl groups excluding tert-OH is 1. The SMILES string of the molecule is CCN(C(=O)C1CCCCC(=O)N1)[C@@H](C)CO. The van der Waals surface area contributed by atoms with Crippen LogP contribution < -0.4 is 5.32 Å². The minimum Gasteiger partial charge on any atom is -0.394 e. The maximum absolute atomic E-state index is 12.2. The van der Waals surface area contributed by atoms with Crippen molar-refractivity contribution < 1.29 is 14.7 Å². The monoisotopic (exact) mass is 242 g/mol. The first-order chi connectivity index (χ1) is 8.10. The molecule has 5 heteroatoms. The predicted molar refractivity (Wildman–Crippen MR) is 64.3 cm³/mol. The molecule has 0 saturated carbocycles. The number of carbonyl (C=O) groups is 2. The van der Waals surface area contributed by atoms with Crippen molar-refractivity contribution in [1.29, 1.82) is 0 Å². The molecule has 0 aliphatic carbocycles. The highest BCUT2D eigenvalue weighted by atomic mass is 16.3. The fourth-order valence-corrected chi connectivity index (χ4v) is 2.14.